The molecule has 0 unspecified atom stereocenters. The van der Waals surface area contributed by atoms with Gasteiger partial charge in [0.05, 0.1) is 0 Å². The normalized spacial score (nSPS) is 14.3. The molecule has 0 spiro atoms. The number of esters is 1. The SMILES string of the molecule is N[C@@H](Cc1ccc2ccccc2c1)[C@H](C(=O)O)C(=O)OCC1c2ccccc2-c2ccccc21. The first-order chi connectivity index (χ1) is 16.5. The highest BCUT2D eigenvalue weighted by Gasteiger charge is 2.36. The van der Waals surface area contributed by atoms with E-state index in [9.17, 15) is 14.7 Å². The van der Waals surface area contributed by atoms with E-state index in [-0.39, 0.29) is 18.9 Å². The molecule has 3 N–H and O–H groups in total. The number of carbonyl (C=O) groups excluding carboxylic acids is 1. The molecule has 0 radical (unpaired) electrons. The summed E-state index contributed by atoms with van der Waals surface area (Å²) in [6.07, 6.45) is 0.256. The summed E-state index contributed by atoms with van der Waals surface area (Å²) < 4.78 is 5.59. The van der Waals surface area contributed by atoms with E-state index in [0.29, 0.717) is 0 Å². The number of hydrogen-bond donors (Lipinski definition) is 2. The first-order valence-electron chi connectivity index (χ1n) is 11.3. The maximum atomic E-state index is 12.9. The monoisotopic (exact) mass is 451 g/mol. The van der Waals surface area contributed by atoms with Gasteiger partial charge in [0.15, 0.2) is 5.92 Å². The third-order valence-electron chi connectivity index (χ3n) is 6.59. The Balaban J connectivity index is 1.31. The van der Waals surface area contributed by atoms with Gasteiger partial charge in [-0.1, -0.05) is 91.0 Å². The predicted octanol–water partition coefficient (Wildman–Crippen LogP) is 4.77. The topological polar surface area (TPSA) is 89.6 Å². The van der Waals surface area contributed by atoms with Gasteiger partial charge in [-0.2, -0.15) is 0 Å². The lowest BCUT2D eigenvalue weighted by molar-refractivity contribution is -0.159. The highest BCUT2D eigenvalue weighted by molar-refractivity contribution is 5.95. The van der Waals surface area contributed by atoms with Crippen LogP contribution in [0.15, 0.2) is 91.0 Å². The van der Waals surface area contributed by atoms with Crippen LogP contribution in [0.25, 0.3) is 21.9 Å². The molecule has 1 aliphatic carbocycles. The van der Waals surface area contributed by atoms with Crippen LogP contribution in [0, 0.1) is 5.92 Å². The minimum Gasteiger partial charge on any atom is -0.481 e. The number of rotatable bonds is 7. The second-order valence-corrected chi connectivity index (χ2v) is 8.72. The van der Waals surface area contributed by atoms with Crippen LogP contribution < -0.4 is 5.73 Å². The third kappa shape index (κ3) is 4.06. The molecule has 0 saturated heterocycles. The Morgan fingerprint density at radius 2 is 1.41 bits per heavy atom. The average Bonchev–Trinajstić information content (AvgIpc) is 3.16. The summed E-state index contributed by atoms with van der Waals surface area (Å²) in [6.45, 7) is 0.0688. The highest BCUT2D eigenvalue weighted by atomic mass is 16.5. The number of ether oxygens (including phenoxy) is 1. The standard InChI is InChI=1S/C29H25NO4/c30-26(16-18-13-14-19-7-1-2-8-20(19)15-18)27(28(31)32)29(33)34-17-25-23-11-5-3-9-21(23)22-10-4-6-12-24(22)25/h1-15,25-27H,16-17,30H2,(H,31,32)/t26-,27+/m0/s1. The third-order valence-corrected chi connectivity index (χ3v) is 6.59. The molecule has 5 heteroatoms. The van der Waals surface area contributed by atoms with E-state index in [4.69, 9.17) is 10.5 Å². The number of carboxylic acid groups (broad SMARTS) is 1. The lowest BCUT2D eigenvalue weighted by Crippen LogP contribution is -2.43. The van der Waals surface area contributed by atoms with Crippen LogP contribution in [0.2, 0.25) is 0 Å². The van der Waals surface area contributed by atoms with Crippen molar-refractivity contribution in [3.63, 3.8) is 0 Å². The predicted molar refractivity (Wildman–Crippen MR) is 131 cm³/mol. The molecule has 0 fully saturated rings. The number of hydrogen-bond acceptors (Lipinski definition) is 4. The quantitative estimate of drug-likeness (QED) is 0.312. The molecule has 170 valence electrons. The number of nitrogens with two attached hydrogens (primary N) is 1. The van der Waals surface area contributed by atoms with Gasteiger partial charge in [0.2, 0.25) is 0 Å². The van der Waals surface area contributed by atoms with E-state index in [1.165, 1.54) is 0 Å². The fourth-order valence-electron chi connectivity index (χ4n) is 4.91. The van der Waals surface area contributed by atoms with Gasteiger partial charge in [-0.25, -0.2) is 0 Å². The zero-order valence-electron chi connectivity index (χ0n) is 18.6. The van der Waals surface area contributed by atoms with Crippen LogP contribution in [-0.2, 0) is 20.7 Å². The summed E-state index contributed by atoms with van der Waals surface area (Å²) in [6, 6.07) is 28.9. The first-order valence-corrected chi connectivity index (χ1v) is 11.3. The molecule has 0 aliphatic heterocycles. The van der Waals surface area contributed by atoms with Crippen LogP contribution in [-0.4, -0.2) is 29.7 Å². The van der Waals surface area contributed by atoms with Crippen molar-refractivity contribution in [3.8, 4) is 11.1 Å². The lowest BCUT2D eigenvalue weighted by Gasteiger charge is -2.21. The molecule has 5 nitrogen and oxygen atoms in total. The molecule has 4 aromatic rings. The molecule has 0 bridgehead atoms. The Kier molecular flexibility index (Phi) is 5.86. The van der Waals surface area contributed by atoms with Gasteiger partial charge < -0.3 is 15.6 Å². The molecular formula is C29H25NO4. The van der Waals surface area contributed by atoms with Gasteiger partial charge in [-0.05, 0) is 45.0 Å². The number of carbonyl (C=O) groups is 2. The van der Waals surface area contributed by atoms with Gasteiger partial charge in [-0.3, -0.25) is 9.59 Å². The molecule has 4 aromatic carbocycles. The minimum atomic E-state index is -1.45. The van der Waals surface area contributed by atoms with E-state index in [1.54, 1.807) is 0 Å². The van der Waals surface area contributed by atoms with Crippen molar-refractivity contribution >= 4 is 22.7 Å². The van der Waals surface area contributed by atoms with Crippen LogP contribution in [0.5, 0.6) is 0 Å². The Labute approximate surface area is 197 Å². The minimum absolute atomic E-state index is 0.0688. The molecule has 0 saturated carbocycles. The Morgan fingerprint density at radius 3 is 2.06 bits per heavy atom. The van der Waals surface area contributed by atoms with Crippen LogP contribution >= 0.6 is 0 Å². The smallest absolute Gasteiger partial charge is 0.321 e. The summed E-state index contributed by atoms with van der Waals surface area (Å²) in [5, 5.41) is 11.9. The van der Waals surface area contributed by atoms with Crippen molar-refractivity contribution in [1.82, 2.24) is 0 Å². The van der Waals surface area contributed by atoms with Crippen molar-refractivity contribution in [1.29, 1.82) is 0 Å². The second-order valence-electron chi connectivity index (χ2n) is 8.72. The van der Waals surface area contributed by atoms with Gasteiger partial charge in [0.1, 0.15) is 6.61 Å². The molecule has 5 rings (SSSR count). The molecule has 1 aliphatic rings. The fraction of sp³-hybridized carbons (Fsp3) is 0.172. The summed E-state index contributed by atoms with van der Waals surface area (Å²) in [4.78, 5) is 24.9. The van der Waals surface area contributed by atoms with Crippen LogP contribution in [0.3, 0.4) is 0 Å². The summed E-state index contributed by atoms with van der Waals surface area (Å²) in [7, 11) is 0. The molecule has 0 aromatic heterocycles. The van der Waals surface area contributed by atoms with E-state index in [0.717, 1.165) is 38.6 Å². The highest BCUT2D eigenvalue weighted by Crippen LogP contribution is 2.44. The van der Waals surface area contributed by atoms with Gasteiger partial charge in [0.25, 0.3) is 0 Å². The average molecular weight is 452 g/mol. The van der Waals surface area contributed by atoms with E-state index >= 15 is 0 Å². The van der Waals surface area contributed by atoms with Crippen molar-refractivity contribution in [2.45, 2.75) is 18.4 Å². The largest absolute Gasteiger partial charge is 0.481 e. The molecule has 2 atom stereocenters. The number of carboxylic acids is 1. The molecular weight excluding hydrogens is 426 g/mol. The van der Waals surface area contributed by atoms with Crippen molar-refractivity contribution < 1.29 is 19.4 Å². The molecule has 0 amide bonds. The summed E-state index contributed by atoms with van der Waals surface area (Å²) >= 11 is 0. The van der Waals surface area contributed by atoms with Gasteiger partial charge in [0, 0.05) is 12.0 Å². The maximum Gasteiger partial charge on any atom is 0.321 e. The Morgan fingerprint density at radius 1 is 0.824 bits per heavy atom. The van der Waals surface area contributed by atoms with E-state index in [1.807, 2.05) is 78.9 Å². The zero-order chi connectivity index (χ0) is 23.7. The molecule has 0 heterocycles. The van der Waals surface area contributed by atoms with Crippen molar-refractivity contribution in [2.75, 3.05) is 6.61 Å². The summed E-state index contributed by atoms with van der Waals surface area (Å²) in [5.74, 6) is -3.66. The number of aliphatic carboxylic acids is 1. The first kappa shape index (κ1) is 21.9. The van der Waals surface area contributed by atoms with Gasteiger partial charge in [-0.15, -0.1) is 0 Å². The maximum absolute atomic E-state index is 12.9. The number of benzene rings is 4. The van der Waals surface area contributed by atoms with Crippen LogP contribution in [0.4, 0.5) is 0 Å². The number of fused-ring (bicyclic) bond motifs is 4. The van der Waals surface area contributed by atoms with Gasteiger partial charge >= 0.3 is 11.9 Å². The van der Waals surface area contributed by atoms with E-state index < -0.39 is 23.9 Å². The Bertz CT molecular complexity index is 1330. The van der Waals surface area contributed by atoms with Crippen molar-refractivity contribution in [2.24, 2.45) is 11.7 Å². The van der Waals surface area contributed by atoms with Crippen LogP contribution in [0.1, 0.15) is 22.6 Å². The fourth-order valence-corrected chi connectivity index (χ4v) is 4.91. The Hall–Kier alpha value is -3.96. The lowest BCUT2D eigenvalue weighted by atomic mass is 9.93. The summed E-state index contributed by atoms with van der Waals surface area (Å²) in [5.41, 5.74) is 11.5. The second kappa shape index (κ2) is 9.12. The van der Waals surface area contributed by atoms with Crippen molar-refractivity contribution in [3.05, 3.63) is 108 Å². The van der Waals surface area contributed by atoms with E-state index in [2.05, 4.69) is 12.1 Å². The molecule has 34 heavy (non-hydrogen) atoms. The zero-order valence-corrected chi connectivity index (χ0v) is 18.6.